The van der Waals surface area contributed by atoms with Crippen molar-refractivity contribution in [3.05, 3.63) is 47.8 Å². The van der Waals surface area contributed by atoms with Crippen LogP contribution < -0.4 is 15.4 Å². The van der Waals surface area contributed by atoms with E-state index in [1.54, 1.807) is 7.11 Å². The van der Waals surface area contributed by atoms with Crippen LogP contribution in [0.5, 0.6) is 5.75 Å². The molecule has 0 aliphatic heterocycles. The third kappa shape index (κ3) is 4.95. The number of aromatic nitrogens is 2. The molecule has 1 heterocycles. The Labute approximate surface area is 136 Å². The average Bonchev–Trinajstić information content (AvgIpc) is 2.60. The highest BCUT2D eigenvalue weighted by Crippen LogP contribution is 2.11. The van der Waals surface area contributed by atoms with Crippen molar-refractivity contribution in [1.82, 2.24) is 15.3 Å². The first-order chi connectivity index (χ1) is 11.1. The van der Waals surface area contributed by atoms with E-state index in [4.69, 9.17) is 4.74 Å². The molecule has 23 heavy (non-hydrogen) atoms. The fourth-order valence-corrected chi connectivity index (χ4v) is 1.87. The number of ether oxygens (including phenoxy) is 1. The average molecular weight is 314 g/mol. The van der Waals surface area contributed by atoms with E-state index in [1.165, 1.54) is 12.4 Å². The van der Waals surface area contributed by atoms with E-state index in [-0.39, 0.29) is 5.91 Å². The minimum atomic E-state index is -0.198. The van der Waals surface area contributed by atoms with E-state index >= 15 is 0 Å². The van der Waals surface area contributed by atoms with Crippen molar-refractivity contribution in [2.75, 3.05) is 12.4 Å². The van der Waals surface area contributed by atoms with Gasteiger partial charge in [-0.1, -0.05) is 19.1 Å². The Hall–Kier alpha value is -2.63. The first kappa shape index (κ1) is 16.7. The van der Waals surface area contributed by atoms with Gasteiger partial charge in [-0.25, -0.2) is 9.97 Å². The number of nitrogens with zero attached hydrogens (tertiary/aromatic N) is 2. The summed E-state index contributed by atoms with van der Waals surface area (Å²) < 4.78 is 5.10. The van der Waals surface area contributed by atoms with Gasteiger partial charge in [-0.3, -0.25) is 4.79 Å². The molecular formula is C17H22N4O2. The third-order valence-corrected chi connectivity index (χ3v) is 3.51. The molecule has 1 aromatic carbocycles. The largest absolute Gasteiger partial charge is 0.497 e. The predicted octanol–water partition coefficient (Wildman–Crippen LogP) is 2.63. The fraction of sp³-hybridized carbons (Fsp3) is 0.353. The van der Waals surface area contributed by atoms with Gasteiger partial charge in [-0.05, 0) is 31.0 Å². The Morgan fingerprint density at radius 1 is 1.22 bits per heavy atom. The summed E-state index contributed by atoms with van der Waals surface area (Å²) in [5, 5.41) is 6.00. The standard InChI is InChI=1S/C17H22N4O2/c1-4-12(2)21-17-19-10-14(11-20-17)16(22)18-9-13-5-7-15(23-3)8-6-13/h5-8,10-12H,4,9H2,1-3H3,(H,18,22)(H,19,20,21). The number of methoxy groups -OCH3 is 1. The minimum absolute atomic E-state index is 0.198. The molecule has 122 valence electrons. The smallest absolute Gasteiger partial charge is 0.254 e. The summed E-state index contributed by atoms with van der Waals surface area (Å²) in [6.45, 7) is 4.58. The highest BCUT2D eigenvalue weighted by molar-refractivity contribution is 5.93. The number of anilines is 1. The lowest BCUT2D eigenvalue weighted by atomic mass is 10.2. The van der Waals surface area contributed by atoms with E-state index in [0.717, 1.165) is 17.7 Å². The zero-order chi connectivity index (χ0) is 16.7. The SMILES string of the molecule is CCC(C)Nc1ncc(C(=O)NCc2ccc(OC)cc2)cn1. The van der Waals surface area contributed by atoms with Gasteiger partial charge in [0.05, 0.1) is 12.7 Å². The van der Waals surface area contributed by atoms with Gasteiger partial charge in [0.2, 0.25) is 5.95 Å². The number of hydrogen-bond donors (Lipinski definition) is 2. The molecule has 0 aliphatic rings. The Morgan fingerprint density at radius 2 is 1.87 bits per heavy atom. The maximum absolute atomic E-state index is 12.1. The lowest BCUT2D eigenvalue weighted by molar-refractivity contribution is 0.0950. The van der Waals surface area contributed by atoms with Gasteiger partial charge in [0.1, 0.15) is 5.75 Å². The molecular weight excluding hydrogens is 292 g/mol. The van der Waals surface area contributed by atoms with Crippen LogP contribution in [0.15, 0.2) is 36.7 Å². The van der Waals surface area contributed by atoms with Crippen LogP contribution in [0, 0.1) is 0 Å². The summed E-state index contributed by atoms with van der Waals surface area (Å²) in [7, 11) is 1.62. The number of amides is 1. The van der Waals surface area contributed by atoms with Crippen LogP contribution in [0.3, 0.4) is 0 Å². The number of rotatable bonds is 7. The Kier molecular flexibility index (Phi) is 5.91. The van der Waals surface area contributed by atoms with Crippen LogP contribution >= 0.6 is 0 Å². The van der Waals surface area contributed by atoms with Crippen LogP contribution in [-0.4, -0.2) is 29.0 Å². The highest BCUT2D eigenvalue weighted by Gasteiger charge is 2.08. The molecule has 6 nitrogen and oxygen atoms in total. The fourth-order valence-electron chi connectivity index (χ4n) is 1.87. The number of benzene rings is 1. The van der Waals surface area contributed by atoms with Crippen molar-refractivity contribution in [1.29, 1.82) is 0 Å². The van der Waals surface area contributed by atoms with Crippen molar-refractivity contribution in [2.24, 2.45) is 0 Å². The van der Waals surface area contributed by atoms with Crippen molar-refractivity contribution in [3.8, 4) is 5.75 Å². The molecule has 0 spiro atoms. The second-order valence-corrected chi connectivity index (χ2v) is 5.28. The van der Waals surface area contributed by atoms with Crippen molar-refractivity contribution < 1.29 is 9.53 Å². The Bertz CT molecular complexity index is 626. The van der Waals surface area contributed by atoms with E-state index < -0.39 is 0 Å². The molecule has 1 atom stereocenters. The number of carbonyl (C=O) groups is 1. The lowest BCUT2D eigenvalue weighted by Crippen LogP contribution is -2.23. The molecule has 0 bridgehead atoms. The van der Waals surface area contributed by atoms with Crippen molar-refractivity contribution >= 4 is 11.9 Å². The normalized spacial score (nSPS) is 11.6. The second-order valence-electron chi connectivity index (χ2n) is 5.28. The summed E-state index contributed by atoms with van der Waals surface area (Å²) in [5.74, 6) is 1.12. The summed E-state index contributed by atoms with van der Waals surface area (Å²) in [6, 6.07) is 7.84. The quantitative estimate of drug-likeness (QED) is 0.821. The molecule has 0 saturated heterocycles. The third-order valence-electron chi connectivity index (χ3n) is 3.51. The van der Waals surface area contributed by atoms with Gasteiger partial charge in [0.25, 0.3) is 5.91 Å². The van der Waals surface area contributed by atoms with E-state index in [1.807, 2.05) is 24.3 Å². The first-order valence-electron chi connectivity index (χ1n) is 7.62. The van der Waals surface area contributed by atoms with Crippen LogP contribution in [-0.2, 0) is 6.54 Å². The van der Waals surface area contributed by atoms with Crippen LogP contribution in [0.4, 0.5) is 5.95 Å². The molecule has 6 heteroatoms. The molecule has 2 aromatic rings. The molecule has 2 N–H and O–H groups in total. The molecule has 0 fully saturated rings. The van der Waals surface area contributed by atoms with Crippen molar-refractivity contribution in [2.45, 2.75) is 32.9 Å². The number of carbonyl (C=O) groups excluding carboxylic acids is 1. The monoisotopic (exact) mass is 314 g/mol. The summed E-state index contributed by atoms with van der Waals surface area (Å²) in [4.78, 5) is 20.4. The van der Waals surface area contributed by atoms with Crippen LogP contribution in [0.2, 0.25) is 0 Å². The van der Waals surface area contributed by atoms with Gasteiger partial charge in [0, 0.05) is 25.0 Å². The maximum atomic E-state index is 12.1. The van der Waals surface area contributed by atoms with Crippen LogP contribution in [0.25, 0.3) is 0 Å². The highest BCUT2D eigenvalue weighted by atomic mass is 16.5. The maximum Gasteiger partial charge on any atom is 0.254 e. The summed E-state index contributed by atoms with van der Waals surface area (Å²) in [6.07, 6.45) is 4.04. The van der Waals surface area contributed by atoms with Gasteiger partial charge < -0.3 is 15.4 Å². The molecule has 1 amide bonds. The van der Waals surface area contributed by atoms with Gasteiger partial charge >= 0.3 is 0 Å². The minimum Gasteiger partial charge on any atom is -0.497 e. The van der Waals surface area contributed by atoms with Gasteiger partial charge in [-0.15, -0.1) is 0 Å². The molecule has 1 aromatic heterocycles. The lowest BCUT2D eigenvalue weighted by Gasteiger charge is -2.11. The summed E-state index contributed by atoms with van der Waals surface area (Å²) >= 11 is 0. The molecule has 0 radical (unpaired) electrons. The van der Waals surface area contributed by atoms with Crippen molar-refractivity contribution in [3.63, 3.8) is 0 Å². The summed E-state index contributed by atoms with van der Waals surface area (Å²) in [5.41, 5.74) is 1.43. The zero-order valence-corrected chi connectivity index (χ0v) is 13.7. The van der Waals surface area contributed by atoms with E-state index in [9.17, 15) is 4.79 Å². The zero-order valence-electron chi connectivity index (χ0n) is 13.7. The van der Waals surface area contributed by atoms with Crippen LogP contribution in [0.1, 0.15) is 36.2 Å². The Balaban J connectivity index is 1.89. The Morgan fingerprint density at radius 3 is 2.43 bits per heavy atom. The predicted molar refractivity (Wildman–Crippen MR) is 89.6 cm³/mol. The van der Waals surface area contributed by atoms with Gasteiger partial charge in [-0.2, -0.15) is 0 Å². The molecule has 0 aliphatic carbocycles. The first-order valence-corrected chi connectivity index (χ1v) is 7.62. The second kappa shape index (κ2) is 8.12. The molecule has 2 rings (SSSR count). The van der Waals surface area contributed by atoms with E-state index in [2.05, 4.69) is 34.4 Å². The number of hydrogen-bond acceptors (Lipinski definition) is 5. The van der Waals surface area contributed by atoms with E-state index in [0.29, 0.717) is 24.1 Å². The number of nitrogens with one attached hydrogen (secondary N) is 2. The molecule has 1 unspecified atom stereocenters. The van der Waals surface area contributed by atoms with Gasteiger partial charge in [0.15, 0.2) is 0 Å². The topological polar surface area (TPSA) is 76.1 Å². The molecule has 0 saturated carbocycles.